The minimum Gasteiger partial charge on any atom is -0.489 e. The van der Waals surface area contributed by atoms with E-state index < -0.39 is 6.10 Å². The highest BCUT2D eigenvalue weighted by molar-refractivity contribution is 6.42. The van der Waals surface area contributed by atoms with E-state index in [4.69, 9.17) is 27.9 Å². The summed E-state index contributed by atoms with van der Waals surface area (Å²) in [5, 5.41) is 10.5. The highest BCUT2D eigenvalue weighted by Crippen LogP contribution is 2.26. The van der Waals surface area contributed by atoms with Gasteiger partial charge in [0.15, 0.2) is 0 Å². The maximum Gasteiger partial charge on any atom is 0.119 e. The maximum absolute atomic E-state index is 9.42. The van der Waals surface area contributed by atoms with Crippen molar-refractivity contribution in [1.29, 1.82) is 0 Å². The Bertz CT molecular complexity index is 551. The molecule has 0 aliphatic heterocycles. The predicted molar refractivity (Wildman–Crippen MR) is 77.9 cm³/mol. The Morgan fingerprint density at radius 1 is 1.11 bits per heavy atom. The summed E-state index contributed by atoms with van der Waals surface area (Å²) in [5.41, 5.74) is 1.70. The van der Waals surface area contributed by atoms with Gasteiger partial charge in [0, 0.05) is 5.56 Å². The van der Waals surface area contributed by atoms with Crippen LogP contribution in [0.1, 0.15) is 24.2 Å². The predicted octanol–water partition coefficient (Wildman–Crippen LogP) is 4.63. The molecule has 0 aliphatic rings. The van der Waals surface area contributed by atoms with E-state index in [1.807, 2.05) is 36.4 Å². The number of hydrogen-bond donors (Lipinski definition) is 1. The Labute approximate surface area is 122 Å². The Kier molecular flexibility index (Phi) is 4.70. The van der Waals surface area contributed by atoms with Crippen molar-refractivity contribution in [2.45, 2.75) is 19.6 Å². The van der Waals surface area contributed by atoms with E-state index in [0.29, 0.717) is 16.7 Å². The van der Waals surface area contributed by atoms with Gasteiger partial charge in [0.2, 0.25) is 0 Å². The average molecular weight is 297 g/mol. The second-order valence-corrected chi connectivity index (χ2v) is 5.03. The zero-order chi connectivity index (χ0) is 13.8. The smallest absolute Gasteiger partial charge is 0.119 e. The molecule has 0 heterocycles. The number of ether oxygens (including phenoxy) is 1. The van der Waals surface area contributed by atoms with Crippen LogP contribution in [-0.2, 0) is 6.61 Å². The van der Waals surface area contributed by atoms with Gasteiger partial charge in [0.05, 0.1) is 16.1 Å². The zero-order valence-corrected chi connectivity index (χ0v) is 11.9. The normalized spacial score (nSPS) is 12.2. The fraction of sp³-hybridized carbons (Fsp3) is 0.200. The van der Waals surface area contributed by atoms with Crippen LogP contribution in [0.2, 0.25) is 10.0 Å². The van der Waals surface area contributed by atoms with Gasteiger partial charge in [-0.3, -0.25) is 0 Å². The lowest BCUT2D eigenvalue weighted by molar-refractivity contribution is 0.199. The van der Waals surface area contributed by atoms with Crippen molar-refractivity contribution in [3.63, 3.8) is 0 Å². The van der Waals surface area contributed by atoms with Gasteiger partial charge in [-0.15, -0.1) is 0 Å². The first-order valence-electron chi connectivity index (χ1n) is 5.91. The van der Waals surface area contributed by atoms with E-state index in [1.54, 1.807) is 13.0 Å². The second kappa shape index (κ2) is 6.29. The molecule has 0 fully saturated rings. The highest BCUT2D eigenvalue weighted by Gasteiger charge is 2.05. The van der Waals surface area contributed by atoms with Gasteiger partial charge in [-0.25, -0.2) is 0 Å². The van der Waals surface area contributed by atoms with Gasteiger partial charge in [-0.1, -0.05) is 47.5 Å². The molecule has 0 amide bonds. The van der Waals surface area contributed by atoms with E-state index >= 15 is 0 Å². The van der Waals surface area contributed by atoms with Crippen molar-refractivity contribution in [2.75, 3.05) is 0 Å². The molecule has 0 bridgehead atoms. The summed E-state index contributed by atoms with van der Waals surface area (Å²) in [6.07, 6.45) is -0.476. The molecule has 0 radical (unpaired) electrons. The lowest BCUT2D eigenvalue weighted by Gasteiger charge is -2.10. The van der Waals surface area contributed by atoms with Crippen molar-refractivity contribution in [2.24, 2.45) is 0 Å². The molecule has 2 rings (SSSR count). The summed E-state index contributed by atoms with van der Waals surface area (Å²) in [6, 6.07) is 12.8. The molecule has 100 valence electrons. The average Bonchev–Trinajstić information content (AvgIpc) is 2.41. The summed E-state index contributed by atoms with van der Waals surface area (Å²) in [6.45, 7) is 2.08. The van der Waals surface area contributed by atoms with E-state index in [9.17, 15) is 5.11 Å². The van der Waals surface area contributed by atoms with Crippen molar-refractivity contribution in [3.8, 4) is 5.75 Å². The first-order valence-corrected chi connectivity index (χ1v) is 6.67. The number of rotatable bonds is 4. The van der Waals surface area contributed by atoms with Crippen LogP contribution in [0.3, 0.4) is 0 Å². The fourth-order valence-corrected chi connectivity index (χ4v) is 2.04. The van der Waals surface area contributed by atoms with Gasteiger partial charge in [-0.2, -0.15) is 0 Å². The monoisotopic (exact) mass is 296 g/mol. The molecule has 2 aromatic rings. The van der Waals surface area contributed by atoms with Crippen LogP contribution in [0.5, 0.6) is 5.75 Å². The molecule has 2 nitrogen and oxygen atoms in total. The Hall–Kier alpha value is -1.22. The number of halogens is 2. The van der Waals surface area contributed by atoms with Crippen molar-refractivity contribution in [3.05, 3.63) is 63.6 Å². The molecule has 0 spiro atoms. The summed E-state index contributed by atoms with van der Waals surface area (Å²) in [5.74, 6) is 0.723. The third-order valence-electron chi connectivity index (χ3n) is 2.79. The van der Waals surface area contributed by atoms with Crippen molar-refractivity contribution >= 4 is 23.2 Å². The summed E-state index contributed by atoms with van der Waals surface area (Å²) in [4.78, 5) is 0. The largest absolute Gasteiger partial charge is 0.489 e. The van der Waals surface area contributed by atoms with Crippen molar-refractivity contribution < 1.29 is 9.84 Å². The van der Waals surface area contributed by atoms with Crippen LogP contribution in [0.25, 0.3) is 0 Å². The van der Waals surface area contributed by atoms with Gasteiger partial charge in [0.25, 0.3) is 0 Å². The topological polar surface area (TPSA) is 29.5 Å². The summed E-state index contributed by atoms with van der Waals surface area (Å²) >= 11 is 12.0. The van der Waals surface area contributed by atoms with Crippen LogP contribution in [0, 0.1) is 0 Å². The molecule has 1 atom stereocenters. The minimum atomic E-state index is -0.476. The number of benzene rings is 2. The van der Waals surface area contributed by atoms with Crippen molar-refractivity contribution in [1.82, 2.24) is 0 Å². The van der Waals surface area contributed by atoms with E-state index in [0.717, 1.165) is 16.9 Å². The first kappa shape index (κ1) is 14.2. The third kappa shape index (κ3) is 3.63. The lowest BCUT2D eigenvalue weighted by Crippen LogP contribution is -1.97. The molecule has 0 saturated heterocycles. The summed E-state index contributed by atoms with van der Waals surface area (Å²) < 4.78 is 5.64. The number of aliphatic hydroxyl groups is 1. The van der Waals surface area contributed by atoms with Crippen LogP contribution in [0.15, 0.2) is 42.5 Å². The molecule has 0 aliphatic carbocycles. The standard InChI is InChI=1S/C15H14Cl2O2/c1-10(18)11-5-7-13(8-6-11)19-9-12-3-2-4-14(16)15(12)17/h2-8,10,18H,9H2,1H3. The Balaban J connectivity index is 2.04. The van der Waals surface area contributed by atoms with Crippen LogP contribution in [-0.4, -0.2) is 5.11 Å². The fourth-order valence-electron chi connectivity index (χ4n) is 1.66. The second-order valence-electron chi connectivity index (χ2n) is 4.25. The number of aliphatic hydroxyl groups excluding tert-OH is 1. The minimum absolute atomic E-state index is 0.355. The summed E-state index contributed by atoms with van der Waals surface area (Å²) in [7, 11) is 0. The molecule has 1 N–H and O–H groups in total. The van der Waals surface area contributed by atoms with E-state index in [-0.39, 0.29) is 0 Å². The molecule has 4 heteroatoms. The molecule has 0 saturated carbocycles. The van der Waals surface area contributed by atoms with Gasteiger partial charge in [-0.05, 0) is 30.7 Å². The van der Waals surface area contributed by atoms with Crippen LogP contribution < -0.4 is 4.74 Å². The lowest BCUT2D eigenvalue weighted by atomic mass is 10.1. The molecule has 2 aromatic carbocycles. The molecular formula is C15H14Cl2O2. The number of hydrogen-bond acceptors (Lipinski definition) is 2. The van der Waals surface area contributed by atoms with Crippen LogP contribution >= 0.6 is 23.2 Å². The van der Waals surface area contributed by atoms with E-state index in [1.165, 1.54) is 0 Å². The Morgan fingerprint density at radius 3 is 2.42 bits per heavy atom. The SMILES string of the molecule is CC(O)c1ccc(OCc2cccc(Cl)c2Cl)cc1. The van der Waals surface area contributed by atoms with Gasteiger partial charge >= 0.3 is 0 Å². The van der Waals surface area contributed by atoms with E-state index in [2.05, 4.69) is 0 Å². The molecular weight excluding hydrogens is 283 g/mol. The molecule has 19 heavy (non-hydrogen) atoms. The highest BCUT2D eigenvalue weighted by atomic mass is 35.5. The third-order valence-corrected chi connectivity index (χ3v) is 3.65. The Morgan fingerprint density at radius 2 is 1.79 bits per heavy atom. The first-order chi connectivity index (χ1) is 9.08. The van der Waals surface area contributed by atoms with Gasteiger partial charge < -0.3 is 9.84 Å². The molecule has 1 unspecified atom stereocenters. The maximum atomic E-state index is 9.42. The van der Waals surface area contributed by atoms with Crippen LogP contribution in [0.4, 0.5) is 0 Å². The zero-order valence-electron chi connectivity index (χ0n) is 10.4. The quantitative estimate of drug-likeness (QED) is 0.891. The van der Waals surface area contributed by atoms with Gasteiger partial charge in [0.1, 0.15) is 12.4 Å². The molecule has 0 aromatic heterocycles.